The van der Waals surface area contributed by atoms with E-state index in [4.69, 9.17) is 21.4 Å². The summed E-state index contributed by atoms with van der Waals surface area (Å²) < 4.78 is 5.22. The quantitative estimate of drug-likeness (QED) is 0.159. The molecule has 2 N–H and O–H groups in total. The molecule has 9 nitrogen and oxygen atoms in total. The summed E-state index contributed by atoms with van der Waals surface area (Å²) in [6.45, 7) is -0.0779. The molecule has 1 aliphatic heterocycles. The fourth-order valence-electron chi connectivity index (χ4n) is 3.38. The Morgan fingerprint density at radius 3 is 2.58 bits per heavy atom. The number of halogens is 1. The van der Waals surface area contributed by atoms with Crippen molar-refractivity contribution >= 4 is 34.7 Å². The van der Waals surface area contributed by atoms with Gasteiger partial charge in [0.1, 0.15) is 5.76 Å². The first-order valence-electron chi connectivity index (χ1n) is 9.33. The van der Waals surface area contributed by atoms with Crippen molar-refractivity contribution in [2.75, 3.05) is 26.4 Å². The van der Waals surface area contributed by atoms with Crippen molar-refractivity contribution in [2.45, 2.75) is 6.04 Å². The molecule has 1 heterocycles. The maximum absolute atomic E-state index is 12.9. The highest BCUT2D eigenvalue weighted by molar-refractivity contribution is 6.47. The molecule has 10 heteroatoms. The van der Waals surface area contributed by atoms with Gasteiger partial charge in [-0.25, -0.2) is 0 Å². The lowest BCUT2D eigenvalue weighted by atomic mass is 9.95. The topological polar surface area (TPSA) is 130 Å². The molecule has 1 amide bonds. The van der Waals surface area contributed by atoms with Crippen molar-refractivity contribution in [1.29, 1.82) is 0 Å². The third kappa shape index (κ3) is 4.58. The second-order valence-corrected chi connectivity index (χ2v) is 7.06. The second kappa shape index (κ2) is 9.69. The molecule has 162 valence electrons. The number of hydrogen-bond acceptors (Lipinski definition) is 7. The number of nitro groups is 1. The number of aliphatic hydroxyl groups excluding tert-OH is 2. The first-order chi connectivity index (χ1) is 14.9. The van der Waals surface area contributed by atoms with Crippen molar-refractivity contribution in [2.24, 2.45) is 0 Å². The van der Waals surface area contributed by atoms with Gasteiger partial charge in [-0.3, -0.25) is 19.7 Å². The van der Waals surface area contributed by atoms with Crippen LogP contribution in [0.25, 0.3) is 5.76 Å². The normalized spacial score (nSPS) is 17.9. The van der Waals surface area contributed by atoms with Gasteiger partial charge >= 0.3 is 0 Å². The molecular weight excluding hydrogens is 428 g/mol. The predicted octanol–water partition coefficient (Wildman–Crippen LogP) is 2.68. The number of hydrogen-bond donors (Lipinski definition) is 2. The van der Waals surface area contributed by atoms with Gasteiger partial charge in [0.25, 0.3) is 17.4 Å². The highest BCUT2D eigenvalue weighted by atomic mass is 35.5. The van der Waals surface area contributed by atoms with Crippen LogP contribution in [0.2, 0.25) is 5.02 Å². The molecule has 1 fully saturated rings. The van der Waals surface area contributed by atoms with Gasteiger partial charge in [0.2, 0.25) is 0 Å². The summed E-state index contributed by atoms with van der Waals surface area (Å²) in [5.41, 5.74) is -0.0518. The van der Waals surface area contributed by atoms with Crippen LogP contribution in [0, 0.1) is 10.1 Å². The first kappa shape index (κ1) is 22.4. The molecule has 1 atom stereocenters. The number of amides is 1. The second-order valence-electron chi connectivity index (χ2n) is 6.66. The van der Waals surface area contributed by atoms with E-state index in [2.05, 4.69) is 0 Å². The van der Waals surface area contributed by atoms with E-state index in [-0.39, 0.29) is 48.2 Å². The van der Waals surface area contributed by atoms with Crippen LogP contribution >= 0.6 is 11.6 Å². The summed E-state index contributed by atoms with van der Waals surface area (Å²) in [4.78, 5) is 37.3. The molecular formula is C21H19ClN2O7. The summed E-state index contributed by atoms with van der Waals surface area (Å²) in [5, 5.41) is 31.1. The summed E-state index contributed by atoms with van der Waals surface area (Å²) in [5.74, 6) is -2.33. The van der Waals surface area contributed by atoms with Crippen molar-refractivity contribution in [3.63, 3.8) is 0 Å². The Bertz CT molecular complexity index is 1050. The number of benzene rings is 2. The van der Waals surface area contributed by atoms with E-state index in [0.717, 1.165) is 6.07 Å². The monoisotopic (exact) mass is 446 g/mol. The SMILES string of the molecule is O=C1C(=O)N(CCOCCO)C(c2ccccc2Cl)C1=C(O)c1cccc([N+](=O)[O-])c1. The van der Waals surface area contributed by atoms with Crippen molar-refractivity contribution < 1.29 is 29.5 Å². The van der Waals surface area contributed by atoms with Crippen molar-refractivity contribution in [3.8, 4) is 0 Å². The Morgan fingerprint density at radius 1 is 1.16 bits per heavy atom. The zero-order valence-electron chi connectivity index (χ0n) is 16.2. The number of likely N-dealkylation sites (tertiary alicyclic amines) is 1. The lowest BCUT2D eigenvalue weighted by Crippen LogP contribution is -2.33. The zero-order valence-corrected chi connectivity index (χ0v) is 17.0. The highest BCUT2D eigenvalue weighted by Crippen LogP contribution is 2.41. The largest absolute Gasteiger partial charge is 0.507 e. The molecule has 0 bridgehead atoms. The van der Waals surface area contributed by atoms with Crippen LogP contribution in [-0.2, 0) is 14.3 Å². The maximum atomic E-state index is 12.9. The van der Waals surface area contributed by atoms with Crippen LogP contribution in [-0.4, -0.2) is 58.1 Å². The lowest BCUT2D eigenvalue weighted by molar-refractivity contribution is -0.384. The number of aliphatic hydroxyl groups is 2. The molecule has 1 unspecified atom stereocenters. The van der Waals surface area contributed by atoms with E-state index in [1.165, 1.54) is 23.1 Å². The number of ether oxygens (including phenoxy) is 1. The molecule has 0 aliphatic carbocycles. The lowest BCUT2D eigenvalue weighted by Gasteiger charge is -2.26. The number of carbonyl (C=O) groups is 2. The number of Topliss-reactive ketones (excluding diaryl/α,β-unsaturated/α-hetero) is 1. The van der Waals surface area contributed by atoms with Gasteiger partial charge in [-0.05, 0) is 11.6 Å². The molecule has 2 aromatic rings. The number of nitrogens with zero attached hydrogens (tertiary/aromatic N) is 2. The Labute approximate surface area is 182 Å². The maximum Gasteiger partial charge on any atom is 0.295 e. The Balaban J connectivity index is 2.12. The van der Waals surface area contributed by atoms with Crippen LogP contribution in [0.3, 0.4) is 0 Å². The van der Waals surface area contributed by atoms with E-state index in [1.54, 1.807) is 24.3 Å². The van der Waals surface area contributed by atoms with Crippen LogP contribution in [0.4, 0.5) is 5.69 Å². The minimum absolute atomic E-state index is 0.00613. The van der Waals surface area contributed by atoms with Crippen LogP contribution in [0.1, 0.15) is 17.2 Å². The van der Waals surface area contributed by atoms with Gasteiger partial charge in [-0.2, -0.15) is 0 Å². The Kier molecular flexibility index (Phi) is 7.01. The summed E-state index contributed by atoms with van der Waals surface area (Å²) in [6, 6.07) is 10.7. The third-order valence-electron chi connectivity index (χ3n) is 4.78. The first-order valence-corrected chi connectivity index (χ1v) is 9.71. The van der Waals surface area contributed by atoms with Crippen LogP contribution < -0.4 is 0 Å². The number of carbonyl (C=O) groups excluding carboxylic acids is 2. The molecule has 0 saturated carbocycles. The smallest absolute Gasteiger partial charge is 0.295 e. The number of nitro benzene ring substituents is 1. The van der Waals surface area contributed by atoms with Gasteiger partial charge in [0.15, 0.2) is 0 Å². The molecule has 0 radical (unpaired) electrons. The minimum atomic E-state index is -1.01. The fraction of sp³-hybridized carbons (Fsp3) is 0.238. The van der Waals surface area contributed by atoms with Gasteiger partial charge in [-0.1, -0.05) is 41.9 Å². The molecule has 1 saturated heterocycles. The molecule has 0 aromatic heterocycles. The molecule has 1 aliphatic rings. The van der Waals surface area contributed by atoms with Crippen molar-refractivity contribution in [3.05, 3.63) is 80.4 Å². The number of rotatable bonds is 8. The third-order valence-corrected chi connectivity index (χ3v) is 5.13. The summed E-state index contributed by atoms with van der Waals surface area (Å²) in [7, 11) is 0. The summed E-state index contributed by atoms with van der Waals surface area (Å²) in [6.07, 6.45) is 0. The Morgan fingerprint density at radius 2 is 1.90 bits per heavy atom. The fourth-order valence-corrected chi connectivity index (χ4v) is 3.62. The number of non-ortho nitro benzene ring substituents is 1. The Hall–Kier alpha value is -3.27. The zero-order chi connectivity index (χ0) is 22.5. The van der Waals surface area contributed by atoms with Gasteiger partial charge < -0.3 is 19.8 Å². The van der Waals surface area contributed by atoms with E-state index in [9.17, 15) is 24.8 Å². The molecule has 3 rings (SSSR count). The highest BCUT2D eigenvalue weighted by Gasteiger charge is 2.46. The van der Waals surface area contributed by atoms with Gasteiger partial charge in [0, 0.05) is 29.3 Å². The average molecular weight is 447 g/mol. The predicted molar refractivity (Wildman–Crippen MR) is 111 cm³/mol. The average Bonchev–Trinajstić information content (AvgIpc) is 3.01. The van der Waals surface area contributed by atoms with Gasteiger partial charge in [-0.15, -0.1) is 0 Å². The minimum Gasteiger partial charge on any atom is -0.507 e. The van der Waals surface area contributed by atoms with Crippen molar-refractivity contribution in [1.82, 2.24) is 4.90 Å². The van der Waals surface area contributed by atoms with E-state index >= 15 is 0 Å². The summed E-state index contributed by atoms with van der Waals surface area (Å²) >= 11 is 6.32. The van der Waals surface area contributed by atoms with Crippen LogP contribution in [0.5, 0.6) is 0 Å². The van der Waals surface area contributed by atoms with E-state index in [1.807, 2.05) is 0 Å². The van der Waals surface area contributed by atoms with E-state index < -0.39 is 28.4 Å². The standard InChI is InChI=1S/C21H19ClN2O7/c22-16-7-2-1-6-15(16)18-17(19(26)13-4-3-5-14(12-13)24(29)30)20(27)21(28)23(18)8-10-31-11-9-25/h1-7,12,18,25-26H,8-11H2. The van der Waals surface area contributed by atoms with Gasteiger partial charge in [0.05, 0.1) is 36.4 Å². The number of ketones is 1. The molecule has 31 heavy (non-hydrogen) atoms. The van der Waals surface area contributed by atoms with E-state index in [0.29, 0.717) is 5.56 Å². The van der Waals surface area contributed by atoms with Crippen LogP contribution in [0.15, 0.2) is 54.1 Å². The molecule has 0 spiro atoms. The molecule has 2 aromatic carbocycles.